The lowest BCUT2D eigenvalue weighted by molar-refractivity contribution is -0.142. The molecule has 176 valence electrons. The molecule has 10 N–H and O–H groups in total. The van der Waals surface area contributed by atoms with Crippen LogP contribution < -0.4 is 33.2 Å². The van der Waals surface area contributed by atoms with Gasteiger partial charge in [-0.05, 0) is 31.8 Å². The summed E-state index contributed by atoms with van der Waals surface area (Å²) in [7, 11) is 0. The standard InChI is InChI=1S/C17H30N6O7S/c1-8(17(29)30)21-15(27)10(3-4-12(19)24)22-16(28)11(7-13(20)25)23-14(26)9(18)5-6-31-2/h8-11H,3-7,18H2,1-2H3,(H2,19,24)(H2,20,25)(H,21,27)(H,22,28)(H,23,26)(H,29,30). The van der Waals surface area contributed by atoms with Crippen LogP contribution in [0.25, 0.3) is 0 Å². The second-order valence-electron chi connectivity index (χ2n) is 6.75. The molecule has 4 unspecified atom stereocenters. The van der Waals surface area contributed by atoms with Crippen molar-refractivity contribution in [2.24, 2.45) is 17.2 Å². The number of nitrogens with one attached hydrogen (secondary N) is 3. The fourth-order valence-corrected chi connectivity index (χ4v) is 2.76. The van der Waals surface area contributed by atoms with E-state index in [1.54, 1.807) is 0 Å². The number of hydrogen-bond donors (Lipinski definition) is 7. The third-order valence-corrected chi connectivity index (χ3v) is 4.69. The molecule has 0 fully saturated rings. The van der Waals surface area contributed by atoms with Crippen LogP contribution in [0.4, 0.5) is 0 Å². The molecule has 0 bridgehead atoms. The molecular formula is C17H30N6O7S. The molecule has 0 saturated heterocycles. The molecule has 14 heteroatoms. The normalized spacial score (nSPS) is 14.4. The molecular weight excluding hydrogens is 432 g/mol. The summed E-state index contributed by atoms with van der Waals surface area (Å²) in [5.74, 6) is -4.87. The van der Waals surface area contributed by atoms with Crippen LogP contribution in [-0.2, 0) is 28.8 Å². The number of carboxylic acids is 1. The van der Waals surface area contributed by atoms with Gasteiger partial charge in [-0.15, -0.1) is 0 Å². The molecule has 0 aliphatic rings. The van der Waals surface area contributed by atoms with Crippen molar-refractivity contribution in [2.75, 3.05) is 12.0 Å². The number of amides is 5. The minimum Gasteiger partial charge on any atom is -0.480 e. The molecule has 0 rings (SSSR count). The Labute approximate surface area is 183 Å². The summed E-state index contributed by atoms with van der Waals surface area (Å²) >= 11 is 1.47. The highest BCUT2D eigenvalue weighted by atomic mass is 32.2. The molecule has 0 saturated carbocycles. The van der Waals surface area contributed by atoms with Crippen LogP contribution in [0.1, 0.15) is 32.6 Å². The second-order valence-corrected chi connectivity index (χ2v) is 7.74. The van der Waals surface area contributed by atoms with Gasteiger partial charge in [0, 0.05) is 6.42 Å². The maximum Gasteiger partial charge on any atom is 0.325 e. The predicted molar refractivity (Wildman–Crippen MR) is 112 cm³/mol. The van der Waals surface area contributed by atoms with Gasteiger partial charge in [0.25, 0.3) is 0 Å². The lowest BCUT2D eigenvalue weighted by atomic mass is 10.1. The second kappa shape index (κ2) is 14.2. The highest BCUT2D eigenvalue weighted by Gasteiger charge is 2.30. The zero-order chi connectivity index (χ0) is 24.1. The van der Waals surface area contributed by atoms with Gasteiger partial charge in [0.2, 0.25) is 29.5 Å². The van der Waals surface area contributed by atoms with Gasteiger partial charge in [-0.2, -0.15) is 11.8 Å². The molecule has 4 atom stereocenters. The number of hydrogen-bond acceptors (Lipinski definition) is 8. The van der Waals surface area contributed by atoms with Crippen molar-refractivity contribution in [1.29, 1.82) is 0 Å². The Hall–Kier alpha value is -2.87. The minimum atomic E-state index is -1.42. The van der Waals surface area contributed by atoms with Crippen LogP contribution in [0.2, 0.25) is 0 Å². The summed E-state index contributed by atoms with van der Waals surface area (Å²) in [5.41, 5.74) is 16.0. The summed E-state index contributed by atoms with van der Waals surface area (Å²) < 4.78 is 0. The summed E-state index contributed by atoms with van der Waals surface area (Å²) in [6.07, 6.45) is 1.07. The summed E-state index contributed by atoms with van der Waals surface area (Å²) in [6.45, 7) is 1.21. The molecule has 0 aromatic carbocycles. The molecule has 0 aromatic heterocycles. The Kier molecular flexibility index (Phi) is 12.9. The fraction of sp³-hybridized carbons (Fsp3) is 0.647. The Morgan fingerprint density at radius 3 is 1.90 bits per heavy atom. The van der Waals surface area contributed by atoms with Crippen molar-refractivity contribution in [3.05, 3.63) is 0 Å². The Balaban J connectivity index is 5.37. The Bertz CT molecular complexity index is 690. The van der Waals surface area contributed by atoms with E-state index in [1.165, 1.54) is 18.7 Å². The summed E-state index contributed by atoms with van der Waals surface area (Å²) in [5, 5.41) is 15.7. The summed E-state index contributed by atoms with van der Waals surface area (Å²) in [4.78, 5) is 70.6. The largest absolute Gasteiger partial charge is 0.480 e. The number of carbonyl (C=O) groups excluding carboxylic acids is 5. The number of primary amides is 2. The third-order valence-electron chi connectivity index (χ3n) is 4.05. The van der Waals surface area contributed by atoms with E-state index in [-0.39, 0.29) is 12.8 Å². The highest BCUT2D eigenvalue weighted by Crippen LogP contribution is 2.03. The first kappa shape index (κ1) is 28.1. The van der Waals surface area contributed by atoms with E-state index in [1.807, 2.05) is 6.26 Å². The van der Waals surface area contributed by atoms with Crippen molar-refractivity contribution in [3.63, 3.8) is 0 Å². The van der Waals surface area contributed by atoms with Gasteiger partial charge in [-0.1, -0.05) is 0 Å². The van der Waals surface area contributed by atoms with E-state index in [4.69, 9.17) is 22.3 Å². The number of nitrogens with two attached hydrogens (primary N) is 3. The van der Waals surface area contributed by atoms with Crippen LogP contribution in [0.15, 0.2) is 0 Å². The number of aliphatic carboxylic acids is 1. The molecule has 0 aliphatic heterocycles. The van der Waals surface area contributed by atoms with Crippen LogP contribution in [0.5, 0.6) is 0 Å². The molecule has 0 aromatic rings. The van der Waals surface area contributed by atoms with E-state index in [2.05, 4.69) is 16.0 Å². The molecule has 0 spiro atoms. The van der Waals surface area contributed by atoms with Crippen molar-refractivity contribution < 1.29 is 33.9 Å². The average Bonchev–Trinajstić information content (AvgIpc) is 2.67. The monoisotopic (exact) mass is 462 g/mol. The average molecular weight is 463 g/mol. The first-order valence-electron chi connectivity index (χ1n) is 9.34. The van der Waals surface area contributed by atoms with Gasteiger partial charge in [-0.25, -0.2) is 0 Å². The van der Waals surface area contributed by atoms with Gasteiger partial charge in [-0.3, -0.25) is 28.8 Å². The molecule has 0 heterocycles. The molecule has 5 amide bonds. The molecule has 13 nitrogen and oxygen atoms in total. The van der Waals surface area contributed by atoms with Gasteiger partial charge >= 0.3 is 5.97 Å². The van der Waals surface area contributed by atoms with Gasteiger partial charge in [0.1, 0.15) is 18.1 Å². The van der Waals surface area contributed by atoms with Crippen molar-refractivity contribution in [2.45, 2.75) is 56.8 Å². The van der Waals surface area contributed by atoms with E-state index >= 15 is 0 Å². The maximum atomic E-state index is 12.6. The van der Waals surface area contributed by atoms with E-state index < -0.39 is 66.1 Å². The number of rotatable bonds is 15. The van der Waals surface area contributed by atoms with Crippen molar-refractivity contribution in [3.8, 4) is 0 Å². The van der Waals surface area contributed by atoms with Crippen LogP contribution in [-0.4, -0.2) is 76.8 Å². The minimum absolute atomic E-state index is 0.232. The number of carbonyl (C=O) groups is 6. The van der Waals surface area contributed by atoms with E-state index in [0.717, 1.165) is 0 Å². The van der Waals surface area contributed by atoms with Gasteiger partial charge < -0.3 is 38.3 Å². The third kappa shape index (κ3) is 11.8. The predicted octanol–water partition coefficient (Wildman–Crippen LogP) is -3.23. The van der Waals surface area contributed by atoms with Gasteiger partial charge in [0.15, 0.2) is 0 Å². The fourth-order valence-electron chi connectivity index (χ4n) is 2.27. The summed E-state index contributed by atoms with van der Waals surface area (Å²) in [6, 6.07) is -4.97. The quantitative estimate of drug-likeness (QED) is 0.129. The highest BCUT2D eigenvalue weighted by molar-refractivity contribution is 7.98. The first-order chi connectivity index (χ1) is 14.4. The maximum absolute atomic E-state index is 12.6. The van der Waals surface area contributed by atoms with Crippen LogP contribution in [0, 0.1) is 0 Å². The number of thioether (sulfide) groups is 1. The zero-order valence-corrected chi connectivity index (χ0v) is 18.2. The topological polar surface area (TPSA) is 237 Å². The van der Waals surface area contributed by atoms with Crippen LogP contribution in [0.3, 0.4) is 0 Å². The van der Waals surface area contributed by atoms with E-state index in [0.29, 0.717) is 12.2 Å². The Morgan fingerprint density at radius 2 is 1.42 bits per heavy atom. The van der Waals surface area contributed by atoms with Crippen molar-refractivity contribution in [1.82, 2.24) is 16.0 Å². The molecule has 0 aliphatic carbocycles. The Morgan fingerprint density at radius 1 is 0.871 bits per heavy atom. The smallest absolute Gasteiger partial charge is 0.325 e. The SMILES string of the molecule is CSCCC(N)C(=O)NC(CC(N)=O)C(=O)NC(CCC(N)=O)C(=O)NC(C)C(=O)O. The molecule has 31 heavy (non-hydrogen) atoms. The van der Waals surface area contributed by atoms with Crippen molar-refractivity contribution >= 4 is 47.3 Å². The lowest BCUT2D eigenvalue weighted by Gasteiger charge is -2.24. The van der Waals surface area contributed by atoms with E-state index in [9.17, 15) is 28.8 Å². The molecule has 0 radical (unpaired) electrons. The number of carboxylic acid groups (broad SMARTS) is 1. The van der Waals surface area contributed by atoms with Crippen LogP contribution >= 0.6 is 11.8 Å². The first-order valence-corrected chi connectivity index (χ1v) is 10.7. The van der Waals surface area contributed by atoms with Gasteiger partial charge in [0.05, 0.1) is 12.5 Å². The zero-order valence-electron chi connectivity index (χ0n) is 17.4. The lowest BCUT2D eigenvalue weighted by Crippen LogP contribution is -2.57.